The molecule has 1 saturated heterocycles. The summed E-state index contributed by atoms with van der Waals surface area (Å²) < 4.78 is 12.8. The minimum Gasteiger partial charge on any atom is -0.508 e. The van der Waals surface area contributed by atoms with Gasteiger partial charge in [0.15, 0.2) is 0 Å². The van der Waals surface area contributed by atoms with Crippen molar-refractivity contribution in [3.05, 3.63) is 29.6 Å². The quantitative estimate of drug-likeness (QED) is 0.731. The first-order valence-corrected chi connectivity index (χ1v) is 4.60. The number of halogens is 1. The lowest BCUT2D eigenvalue weighted by atomic mass is 10.1. The third-order valence-electron chi connectivity index (χ3n) is 2.42. The molecule has 3 N–H and O–H groups in total. The van der Waals surface area contributed by atoms with Crippen LogP contribution < -0.4 is 5.73 Å². The smallest absolute Gasteiger partial charge is 0.123 e. The van der Waals surface area contributed by atoms with Gasteiger partial charge in [-0.25, -0.2) is 4.39 Å². The number of nitrogens with two attached hydrogens (primary N) is 1. The van der Waals surface area contributed by atoms with Crippen LogP contribution in [0.3, 0.4) is 0 Å². The van der Waals surface area contributed by atoms with E-state index in [0.29, 0.717) is 12.1 Å². The van der Waals surface area contributed by atoms with E-state index >= 15 is 0 Å². The monoisotopic (exact) mass is 196 g/mol. The second-order valence-electron chi connectivity index (χ2n) is 3.73. The van der Waals surface area contributed by atoms with E-state index in [1.807, 2.05) is 0 Å². The van der Waals surface area contributed by atoms with Crippen LogP contribution in [0, 0.1) is 5.82 Å². The van der Waals surface area contributed by atoms with Crippen molar-refractivity contribution in [2.75, 3.05) is 13.1 Å². The van der Waals surface area contributed by atoms with E-state index < -0.39 is 0 Å². The van der Waals surface area contributed by atoms with E-state index in [1.165, 1.54) is 18.2 Å². The normalized spacial score (nSPS) is 18.1. The van der Waals surface area contributed by atoms with Crippen LogP contribution in [0.4, 0.5) is 4.39 Å². The lowest BCUT2D eigenvalue weighted by Gasteiger charge is -2.36. The van der Waals surface area contributed by atoms with Gasteiger partial charge in [0.25, 0.3) is 0 Å². The summed E-state index contributed by atoms with van der Waals surface area (Å²) in [7, 11) is 0. The molecule has 4 heteroatoms. The first-order valence-electron chi connectivity index (χ1n) is 4.60. The molecule has 1 aromatic rings. The molecule has 1 aliphatic rings. The Bertz CT molecular complexity index is 337. The van der Waals surface area contributed by atoms with Gasteiger partial charge in [0.05, 0.1) is 0 Å². The van der Waals surface area contributed by atoms with Crippen LogP contribution in [0.5, 0.6) is 5.75 Å². The summed E-state index contributed by atoms with van der Waals surface area (Å²) in [5, 5.41) is 9.44. The maximum Gasteiger partial charge on any atom is 0.123 e. The van der Waals surface area contributed by atoms with Crippen LogP contribution >= 0.6 is 0 Å². The van der Waals surface area contributed by atoms with Crippen LogP contribution in [0.15, 0.2) is 18.2 Å². The standard InChI is InChI=1S/C10H13FN2O/c11-8-1-2-10(14)7(3-8)4-13-5-9(12)6-13/h1-3,9,14H,4-6,12H2. The molecule has 0 bridgehead atoms. The molecule has 0 saturated carbocycles. The van der Waals surface area contributed by atoms with Crippen molar-refractivity contribution in [1.29, 1.82) is 0 Å². The van der Waals surface area contributed by atoms with Crippen LogP contribution in [-0.2, 0) is 6.54 Å². The van der Waals surface area contributed by atoms with E-state index in [2.05, 4.69) is 4.90 Å². The molecule has 1 heterocycles. The lowest BCUT2D eigenvalue weighted by molar-refractivity contribution is 0.141. The van der Waals surface area contributed by atoms with Gasteiger partial charge < -0.3 is 10.8 Å². The molecule has 76 valence electrons. The first kappa shape index (κ1) is 9.43. The zero-order valence-corrected chi connectivity index (χ0v) is 7.78. The predicted octanol–water partition coefficient (Wildman–Crippen LogP) is 0.674. The highest BCUT2D eigenvalue weighted by Gasteiger charge is 2.23. The Hall–Kier alpha value is -1.13. The summed E-state index contributed by atoms with van der Waals surface area (Å²) in [4.78, 5) is 2.07. The van der Waals surface area contributed by atoms with Crippen molar-refractivity contribution >= 4 is 0 Å². The number of phenols is 1. The number of likely N-dealkylation sites (tertiary alicyclic amines) is 1. The molecule has 0 unspecified atom stereocenters. The largest absolute Gasteiger partial charge is 0.508 e. The maximum absolute atomic E-state index is 12.8. The van der Waals surface area contributed by atoms with E-state index in [9.17, 15) is 9.50 Å². The number of hydrogen-bond acceptors (Lipinski definition) is 3. The fourth-order valence-electron chi connectivity index (χ4n) is 1.66. The highest BCUT2D eigenvalue weighted by molar-refractivity contribution is 5.32. The van der Waals surface area contributed by atoms with Crippen molar-refractivity contribution in [1.82, 2.24) is 4.90 Å². The molecule has 1 aliphatic heterocycles. The van der Waals surface area contributed by atoms with Crippen molar-refractivity contribution in [3.63, 3.8) is 0 Å². The Balaban J connectivity index is 2.05. The van der Waals surface area contributed by atoms with Gasteiger partial charge in [-0.1, -0.05) is 0 Å². The maximum atomic E-state index is 12.8. The van der Waals surface area contributed by atoms with Crippen LogP contribution in [0.25, 0.3) is 0 Å². The zero-order chi connectivity index (χ0) is 10.1. The van der Waals surface area contributed by atoms with Gasteiger partial charge in [0.2, 0.25) is 0 Å². The summed E-state index contributed by atoms with van der Waals surface area (Å²) in [5.74, 6) is -0.172. The van der Waals surface area contributed by atoms with Crippen molar-refractivity contribution in [2.24, 2.45) is 5.73 Å². The molecule has 0 aliphatic carbocycles. The molecule has 0 radical (unpaired) electrons. The molecule has 2 rings (SSSR count). The average molecular weight is 196 g/mol. The zero-order valence-electron chi connectivity index (χ0n) is 7.78. The predicted molar refractivity (Wildman–Crippen MR) is 51.3 cm³/mol. The third-order valence-corrected chi connectivity index (χ3v) is 2.42. The van der Waals surface area contributed by atoms with Crippen molar-refractivity contribution < 1.29 is 9.50 Å². The Labute approximate surface area is 81.9 Å². The molecule has 14 heavy (non-hydrogen) atoms. The molecule has 0 amide bonds. The van der Waals surface area contributed by atoms with Gasteiger partial charge >= 0.3 is 0 Å². The molecular weight excluding hydrogens is 183 g/mol. The van der Waals surface area contributed by atoms with Crippen molar-refractivity contribution in [2.45, 2.75) is 12.6 Å². The number of aromatic hydroxyl groups is 1. The summed E-state index contributed by atoms with van der Waals surface area (Å²) in [6, 6.07) is 4.22. The SMILES string of the molecule is NC1CN(Cc2cc(F)ccc2O)C1. The highest BCUT2D eigenvalue weighted by Crippen LogP contribution is 2.21. The molecule has 1 fully saturated rings. The van der Waals surface area contributed by atoms with Crippen LogP contribution in [0.2, 0.25) is 0 Å². The lowest BCUT2D eigenvalue weighted by Crippen LogP contribution is -2.54. The summed E-state index contributed by atoms with van der Waals surface area (Å²) in [5.41, 5.74) is 6.23. The Morgan fingerprint density at radius 1 is 1.50 bits per heavy atom. The molecular formula is C10H13FN2O. The number of phenolic OH excluding ortho intramolecular Hbond substituents is 1. The molecule has 0 aromatic heterocycles. The van der Waals surface area contributed by atoms with Crippen molar-refractivity contribution in [3.8, 4) is 5.75 Å². The summed E-state index contributed by atoms with van der Waals surface area (Å²) in [6.45, 7) is 2.20. The van der Waals surface area contributed by atoms with Gasteiger partial charge in [-0.05, 0) is 18.2 Å². The second kappa shape index (κ2) is 3.55. The molecule has 0 atom stereocenters. The summed E-state index contributed by atoms with van der Waals surface area (Å²) in [6.07, 6.45) is 0. The fourth-order valence-corrected chi connectivity index (χ4v) is 1.66. The van der Waals surface area contributed by atoms with Gasteiger partial charge in [-0.15, -0.1) is 0 Å². The minimum atomic E-state index is -0.317. The minimum absolute atomic E-state index is 0.145. The molecule has 3 nitrogen and oxygen atoms in total. The Morgan fingerprint density at radius 3 is 2.86 bits per heavy atom. The number of nitrogens with zero attached hydrogens (tertiary/aromatic N) is 1. The molecule has 1 aromatic carbocycles. The van der Waals surface area contributed by atoms with E-state index in [1.54, 1.807) is 0 Å². The highest BCUT2D eigenvalue weighted by atomic mass is 19.1. The second-order valence-corrected chi connectivity index (χ2v) is 3.73. The van der Waals surface area contributed by atoms with Crippen LogP contribution in [0.1, 0.15) is 5.56 Å². The summed E-state index contributed by atoms with van der Waals surface area (Å²) >= 11 is 0. The van der Waals surface area contributed by atoms with Crippen LogP contribution in [-0.4, -0.2) is 29.1 Å². The first-order chi connectivity index (χ1) is 6.65. The van der Waals surface area contributed by atoms with Gasteiger partial charge in [0, 0.05) is 31.2 Å². The van der Waals surface area contributed by atoms with E-state index in [0.717, 1.165) is 13.1 Å². The Morgan fingerprint density at radius 2 is 2.21 bits per heavy atom. The molecule has 0 spiro atoms. The fraction of sp³-hybridized carbons (Fsp3) is 0.400. The van der Waals surface area contributed by atoms with Gasteiger partial charge in [-0.3, -0.25) is 4.90 Å². The number of hydrogen-bond donors (Lipinski definition) is 2. The number of rotatable bonds is 2. The van der Waals surface area contributed by atoms with Gasteiger partial charge in [0.1, 0.15) is 11.6 Å². The van der Waals surface area contributed by atoms with E-state index in [-0.39, 0.29) is 17.6 Å². The van der Waals surface area contributed by atoms with E-state index in [4.69, 9.17) is 5.73 Å². The average Bonchev–Trinajstić information content (AvgIpc) is 2.09. The number of benzene rings is 1. The van der Waals surface area contributed by atoms with Gasteiger partial charge in [-0.2, -0.15) is 0 Å². The third kappa shape index (κ3) is 1.86. The Kier molecular flexibility index (Phi) is 2.39. The topological polar surface area (TPSA) is 49.5 Å².